The summed E-state index contributed by atoms with van der Waals surface area (Å²) in [4.78, 5) is 0. The fraction of sp³-hybridized carbons (Fsp3) is 0.357. The number of aliphatic hydroxyl groups is 1. The van der Waals surface area contributed by atoms with Crippen LogP contribution in [0.1, 0.15) is 32.4 Å². The summed E-state index contributed by atoms with van der Waals surface area (Å²) in [5.41, 5.74) is 0.982. The van der Waals surface area contributed by atoms with E-state index in [1.165, 1.54) is 0 Å². The van der Waals surface area contributed by atoms with Gasteiger partial charge in [0.1, 0.15) is 5.60 Å². The van der Waals surface area contributed by atoms with E-state index in [4.69, 9.17) is 0 Å². The molecule has 0 radical (unpaired) electrons. The molecule has 2 aromatic rings. The summed E-state index contributed by atoms with van der Waals surface area (Å²) in [5.74, 6) is 0. The maximum Gasteiger partial charge on any atom is 0.104 e. The molecule has 17 heavy (non-hydrogen) atoms. The van der Waals surface area contributed by atoms with Gasteiger partial charge in [-0.2, -0.15) is 5.10 Å². The predicted octanol–water partition coefficient (Wildman–Crippen LogP) is 2.88. The second-order valence-electron chi connectivity index (χ2n) is 4.49. The largest absolute Gasteiger partial charge is 0.384 e. The molecule has 90 valence electrons. The SMILES string of the molecule is CCCC(C)(O)c1ccnn1-c1ccccc1. The van der Waals surface area contributed by atoms with Gasteiger partial charge in [0.25, 0.3) is 0 Å². The van der Waals surface area contributed by atoms with E-state index in [9.17, 15) is 5.11 Å². The van der Waals surface area contributed by atoms with Crippen molar-refractivity contribution >= 4 is 0 Å². The van der Waals surface area contributed by atoms with Gasteiger partial charge in [0.2, 0.25) is 0 Å². The van der Waals surface area contributed by atoms with Crippen LogP contribution in [0, 0.1) is 0 Å². The van der Waals surface area contributed by atoms with Crippen LogP contribution in [0.5, 0.6) is 0 Å². The molecule has 0 spiro atoms. The van der Waals surface area contributed by atoms with Crippen molar-refractivity contribution in [3.8, 4) is 5.69 Å². The van der Waals surface area contributed by atoms with Gasteiger partial charge in [0.05, 0.1) is 11.4 Å². The Morgan fingerprint density at radius 1 is 1.24 bits per heavy atom. The molecular weight excluding hydrogens is 212 g/mol. The first-order valence-electron chi connectivity index (χ1n) is 5.97. The number of hydrogen-bond acceptors (Lipinski definition) is 2. The second-order valence-corrected chi connectivity index (χ2v) is 4.49. The third-order valence-electron chi connectivity index (χ3n) is 2.93. The molecule has 1 atom stereocenters. The number of nitrogens with zero attached hydrogens (tertiary/aromatic N) is 2. The van der Waals surface area contributed by atoms with Crippen molar-refractivity contribution in [3.05, 3.63) is 48.3 Å². The monoisotopic (exact) mass is 230 g/mol. The van der Waals surface area contributed by atoms with Crippen LogP contribution in [0.15, 0.2) is 42.6 Å². The molecule has 0 bridgehead atoms. The van der Waals surface area contributed by atoms with Crippen molar-refractivity contribution in [2.75, 3.05) is 0 Å². The van der Waals surface area contributed by atoms with Crippen LogP contribution >= 0.6 is 0 Å². The van der Waals surface area contributed by atoms with Crippen molar-refractivity contribution in [3.63, 3.8) is 0 Å². The van der Waals surface area contributed by atoms with E-state index in [0.29, 0.717) is 0 Å². The minimum atomic E-state index is -0.832. The van der Waals surface area contributed by atoms with Crippen LogP contribution in [0.25, 0.3) is 5.69 Å². The highest BCUT2D eigenvalue weighted by molar-refractivity contribution is 5.33. The third-order valence-corrected chi connectivity index (χ3v) is 2.93. The minimum Gasteiger partial charge on any atom is -0.384 e. The fourth-order valence-electron chi connectivity index (χ4n) is 2.10. The Bertz CT molecular complexity index is 474. The van der Waals surface area contributed by atoms with Crippen LogP contribution in [0.4, 0.5) is 0 Å². The molecule has 0 fully saturated rings. The highest BCUT2D eigenvalue weighted by atomic mass is 16.3. The molecule has 0 aliphatic rings. The Labute approximate surface area is 102 Å². The molecule has 0 aliphatic heterocycles. The van der Waals surface area contributed by atoms with Crippen LogP contribution in [-0.4, -0.2) is 14.9 Å². The van der Waals surface area contributed by atoms with E-state index < -0.39 is 5.60 Å². The molecule has 1 aromatic carbocycles. The summed E-state index contributed by atoms with van der Waals surface area (Å²) in [5, 5.41) is 14.7. The standard InChI is InChI=1S/C14H18N2O/c1-3-10-14(2,17)13-9-11-15-16(13)12-7-5-4-6-8-12/h4-9,11,17H,3,10H2,1-2H3. The van der Waals surface area contributed by atoms with Crippen LogP contribution in [-0.2, 0) is 5.60 Å². The highest BCUT2D eigenvalue weighted by Crippen LogP contribution is 2.27. The summed E-state index contributed by atoms with van der Waals surface area (Å²) in [6, 6.07) is 11.8. The Hall–Kier alpha value is -1.61. The first-order valence-corrected chi connectivity index (χ1v) is 5.97. The molecule has 0 saturated heterocycles. The molecule has 1 unspecified atom stereocenters. The quantitative estimate of drug-likeness (QED) is 0.877. The number of aromatic nitrogens is 2. The van der Waals surface area contributed by atoms with Crippen LogP contribution in [0.2, 0.25) is 0 Å². The number of benzene rings is 1. The summed E-state index contributed by atoms with van der Waals surface area (Å²) < 4.78 is 1.80. The summed E-state index contributed by atoms with van der Waals surface area (Å²) >= 11 is 0. The van der Waals surface area contributed by atoms with E-state index in [0.717, 1.165) is 24.2 Å². The average Bonchev–Trinajstić information content (AvgIpc) is 2.79. The van der Waals surface area contributed by atoms with E-state index in [1.54, 1.807) is 10.9 Å². The van der Waals surface area contributed by atoms with Crippen molar-refractivity contribution in [1.29, 1.82) is 0 Å². The summed E-state index contributed by atoms with van der Waals surface area (Å²) in [6.07, 6.45) is 3.39. The lowest BCUT2D eigenvalue weighted by Crippen LogP contribution is -2.24. The molecule has 1 heterocycles. The van der Waals surface area contributed by atoms with Crippen LogP contribution < -0.4 is 0 Å². The molecule has 1 N–H and O–H groups in total. The Balaban J connectivity index is 2.42. The highest BCUT2D eigenvalue weighted by Gasteiger charge is 2.26. The maximum atomic E-state index is 10.5. The molecule has 0 amide bonds. The summed E-state index contributed by atoms with van der Waals surface area (Å²) in [6.45, 7) is 3.91. The van der Waals surface area contributed by atoms with Crippen LogP contribution in [0.3, 0.4) is 0 Å². The van der Waals surface area contributed by atoms with Gasteiger partial charge in [-0.05, 0) is 31.5 Å². The first kappa shape index (κ1) is 11.9. The average molecular weight is 230 g/mol. The zero-order chi connectivity index (χ0) is 12.3. The molecule has 3 heteroatoms. The molecule has 3 nitrogen and oxygen atoms in total. The maximum absolute atomic E-state index is 10.5. The topological polar surface area (TPSA) is 38.1 Å². The zero-order valence-corrected chi connectivity index (χ0v) is 10.3. The molecule has 0 saturated carbocycles. The van der Waals surface area contributed by atoms with Crippen molar-refractivity contribution in [2.24, 2.45) is 0 Å². The molecular formula is C14H18N2O. The van der Waals surface area contributed by atoms with Crippen molar-refractivity contribution in [2.45, 2.75) is 32.3 Å². The second kappa shape index (κ2) is 4.72. The number of rotatable bonds is 4. The lowest BCUT2D eigenvalue weighted by molar-refractivity contribution is 0.0400. The number of hydrogen-bond donors (Lipinski definition) is 1. The Kier molecular flexibility index (Phi) is 3.29. The van der Waals surface area contributed by atoms with Crippen molar-refractivity contribution < 1.29 is 5.11 Å². The van der Waals surface area contributed by atoms with E-state index >= 15 is 0 Å². The normalized spacial score (nSPS) is 14.5. The Morgan fingerprint density at radius 2 is 1.94 bits per heavy atom. The summed E-state index contributed by atoms with van der Waals surface area (Å²) in [7, 11) is 0. The number of para-hydroxylation sites is 1. The molecule has 0 aliphatic carbocycles. The third kappa shape index (κ3) is 2.39. The van der Waals surface area contributed by atoms with Gasteiger partial charge in [-0.1, -0.05) is 31.5 Å². The van der Waals surface area contributed by atoms with Gasteiger partial charge in [-0.25, -0.2) is 4.68 Å². The first-order chi connectivity index (χ1) is 8.15. The predicted molar refractivity (Wildman–Crippen MR) is 68.0 cm³/mol. The van der Waals surface area contributed by atoms with Gasteiger partial charge in [0.15, 0.2) is 0 Å². The zero-order valence-electron chi connectivity index (χ0n) is 10.3. The lowest BCUT2D eigenvalue weighted by atomic mass is 9.96. The smallest absolute Gasteiger partial charge is 0.104 e. The van der Waals surface area contributed by atoms with Gasteiger partial charge in [0, 0.05) is 6.20 Å². The Morgan fingerprint density at radius 3 is 2.59 bits per heavy atom. The van der Waals surface area contributed by atoms with E-state index in [2.05, 4.69) is 12.0 Å². The lowest BCUT2D eigenvalue weighted by Gasteiger charge is -2.23. The van der Waals surface area contributed by atoms with Gasteiger partial charge >= 0.3 is 0 Å². The fourth-order valence-corrected chi connectivity index (χ4v) is 2.10. The van der Waals surface area contributed by atoms with Gasteiger partial charge in [-0.15, -0.1) is 0 Å². The molecule has 2 rings (SSSR count). The minimum absolute atomic E-state index is 0.728. The van der Waals surface area contributed by atoms with E-state index in [1.807, 2.05) is 43.3 Å². The van der Waals surface area contributed by atoms with Gasteiger partial charge in [-0.3, -0.25) is 0 Å². The van der Waals surface area contributed by atoms with E-state index in [-0.39, 0.29) is 0 Å². The van der Waals surface area contributed by atoms with Gasteiger partial charge < -0.3 is 5.11 Å². The van der Waals surface area contributed by atoms with Crippen molar-refractivity contribution in [1.82, 2.24) is 9.78 Å². The molecule has 1 aromatic heterocycles.